The van der Waals surface area contributed by atoms with Crippen molar-refractivity contribution in [2.75, 3.05) is 0 Å². The minimum atomic E-state index is 0.531. The lowest BCUT2D eigenvalue weighted by atomic mass is 10.4. The molecule has 0 spiro atoms. The number of nitrogens with zero attached hydrogens (tertiary/aromatic N) is 1. The lowest BCUT2D eigenvalue weighted by molar-refractivity contribution is 1.29. The van der Waals surface area contributed by atoms with Crippen LogP contribution in [0, 0.1) is 6.57 Å². The van der Waals surface area contributed by atoms with Crippen molar-refractivity contribution in [3.8, 4) is 0 Å². The minimum Gasteiger partial charge on any atom is -0.312 e. The molecule has 0 atom stereocenters. The molecule has 1 rings (SSSR count). The fourth-order valence-electron chi connectivity index (χ4n) is 0.474. The largest absolute Gasteiger partial charge is 0.312 e. The molecule has 1 aromatic heterocycles. The van der Waals surface area contributed by atoms with Gasteiger partial charge in [-0.3, -0.25) is 0 Å². The number of rotatable bonds is 1. The van der Waals surface area contributed by atoms with Crippen molar-refractivity contribution in [3.63, 3.8) is 0 Å². The molecule has 0 bridgehead atoms. The Labute approximate surface area is 52.4 Å². The van der Waals surface area contributed by atoms with E-state index in [1.807, 2.05) is 16.8 Å². The van der Waals surface area contributed by atoms with Gasteiger partial charge < -0.3 is 4.85 Å². The van der Waals surface area contributed by atoms with Crippen LogP contribution in [0.25, 0.3) is 4.85 Å². The molecule has 0 saturated carbocycles. The van der Waals surface area contributed by atoms with Crippen molar-refractivity contribution >= 4 is 11.3 Å². The van der Waals surface area contributed by atoms with Gasteiger partial charge in [-0.2, -0.15) is 11.3 Å². The van der Waals surface area contributed by atoms with Crippen molar-refractivity contribution in [3.05, 3.63) is 33.8 Å². The van der Waals surface area contributed by atoms with Crippen LogP contribution >= 0.6 is 11.3 Å². The highest BCUT2D eigenvalue weighted by atomic mass is 32.1. The second-order valence-electron chi connectivity index (χ2n) is 1.45. The first-order chi connectivity index (χ1) is 3.93. The Morgan fingerprint density at radius 1 is 1.75 bits per heavy atom. The zero-order valence-corrected chi connectivity index (χ0v) is 5.11. The molecule has 1 heterocycles. The molecule has 0 amide bonds. The second-order valence-corrected chi connectivity index (χ2v) is 2.23. The molecule has 0 aromatic carbocycles. The molecule has 2 heteroatoms. The molecule has 0 unspecified atom stereocenters. The summed E-state index contributed by atoms with van der Waals surface area (Å²) in [5.41, 5.74) is 1.13. The van der Waals surface area contributed by atoms with Crippen molar-refractivity contribution in [1.82, 2.24) is 0 Å². The van der Waals surface area contributed by atoms with E-state index in [9.17, 15) is 0 Å². The van der Waals surface area contributed by atoms with Gasteiger partial charge in [-0.25, -0.2) is 6.57 Å². The molecule has 0 aliphatic rings. The fraction of sp³-hybridized carbons (Fsp3) is 0.167. The molecule has 40 valence electrons. The molecular weight excluding hydrogens is 118 g/mol. The predicted octanol–water partition coefficient (Wildman–Crippen LogP) is 2.17. The maximum atomic E-state index is 6.51. The third-order valence-electron chi connectivity index (χ3n) is 0.842. The van der Waals surface area contributed by atoms with Crippen molar-refractivity contribution in [2.24, 2.45) is 0 Å². The van der Waals surface area contributed by atoms with Gasteiger partial charge in [0.2, 0.25) is 6.54 Å². The number of hydrogen-bond acceptors (Lipinski definition) is 1. The van der Waals surface area contributed by atoms with Crippen LogP contribution in [0.1, 0.15) is 5.56 Å². The fourth-order valence-corrected chi connectivity index (χ4v) is 1.13. The molecule has 0 aliphatic carbocycles. The Morgan fingerprint density at radius 2 is 2.62 bits per heavy atom. The molecule has 0 N–H and O–H groups in total. The van der Waals surface area contributed by atoms with E-state index in [-0.39, 0.29) is 0 Å². The third-order valence-corrected chi connectivity index (χ3v) is 1.57. The van der Waals surface area contributed by atoms with E-state index in [4.69, 9.17) is 6.57 Å². The summed E-state index contributed by atoms with van der Waals surface area (Å²) in [5, 5.41) is 3.98. The topological polar surface area (TPSA) is 4.36 Å². The van der Waals surface area contributed by atoms with Crippen LogP contribution < -0.4 is 0 Å². The summed E-state index contributed by atoms with van der Waals surface area (Å²) in [5.74, 6) is 0. The summed E-state index contributed by atoms with van der Waals surface area (Å²) in [6.45, 7) is 7.04. The van der Waals surface area contributed by atoms with Gasteiger partial charge in [0, 0.05) is 10.9 Å². The van der Waals surface area contributed by atoms with Gasteiger partial charge in [0.05, 0.1) is 0 Å². The van der Waals surface area contributed by atoms with Gasteiger partial charge in [-0.05, 0) is 11.4 Å². The summed E-state index contributed by atoms with van der Waals surface area (Å²) in [6.07, 6.45) is 0. The first kappa shape index (κ1) is 5.33. The molecule has 1 nitrogen and oxygen atoms in total. The first-order valence-corrected chi connectivity index (χ1v) is 3.22. The Hall–Kier alpha value is -0.810. The normalized spacial score (nSPS) is 8.38. The summed E-state index contributed by atoms with van der Waals surface area (Å²) < 4.78 is 0. The van der Waals surface area contributed by atoms with Gasteiger partial charge in [0.1, 0.15) is 0 Å². The SMILES string of the molecule is [C-]#[N+]Cc1ccsc1. The van der Waals surface area contributed by atoms with Gasteiger partial charge in [0.15, 0.2) is 0 Å². The van der Waals surface area contributed by atoms with E-state index in [2.05, 4.69) is 4.85 Å². The summed E-state index contributed by atoms with van der Waals surface area (Å²) >= 11 is 1.64. The molecule has 1 aromatic rings. The Balaban J connectivity index is 2.67. The van der Waals surface area contributed by atoms with Crippen LogP contribution in [0.2, 0.25) is 0 Å². The maximum absolute atomic E-state index is 6.51. The van der Waals surface area contributed by atoms with E-state index in [0.29, 0.717) is 6.54 Å². The standard InChI is InChI=1S/C6H5NS/c1-7-4-6-2-3-8-5-6/h2-3,5H,4H2. The van der Waals surface area contributed by atoms with Crippen LogP contribution in [0.5, 0.6) is 0 Å². The van der Waals surface area contributed by atoms with Gasteiger partial charge in [0.25, 0.3) is 0 Å². The molecule has 0 saturated heterocycles. The van der Waals surface area contributed by atoms with Gasteiger partial charge in [-0.15, -0.1) is 0 Å². The highest BCUT2D eigenvalue weighted by Crippen LogP contribution is 2.05. The summed E-state index contributed by atoms with van der Waals surface area (Å²) in [4.78, 5) is 3.23. The quantitative estimate of drug-likeness (QED) is 0.504. The Morgan fingerprint density at radius 3 is 3.12 bits per heavy atom. The Bertz CT molecular complexity index is 183. The zero-order valence-electron chi connectivity index (χ0n) is 4.29. The molecule has 0 fully saturated rings. The van der Waals surface area contributed by atoms with Crippen LogP contribution in [-0.4, -0.2) is 0 Å². The third kappa shape index (κ3) is 1.08. The first-order valence-electron chi connectivity index (χ1n) is 2.28. The lowest BCUT2D eigenvalue weighted by Gasteiger charge is -1.74. The Kier molecular flexibility index (Phi) is 1.66. The van der Waals surface area contributed by atoms with Crippen LogP contribution in [-0.2, 0) is 6.54 Å². The summed E-state index contributed by atoms with van der Waals surface area (Å²) in [6, 6.07) is 1.97. The molecule has 0 radical (unpaired) electrons. The lowest BCUT2D eigenvalue weighted by Crippen LogP contribution is -1.66. The van der Waals surface area contributed by atoms with Crippen LogP contribution in [0.15, 0.2) is 16.8 Å². The highest BCUT2D eigenvalue weighted by Gasteiger charge is 1.90. The van der Waals surface area contributed by atoms with Gasteiger partial charge in [-0.1, -0.05) is 0 Å². The highest BCUT2D eigenvalue weighted by molar-refractivity contribution is 7.07. The molecule has 8 heavy (non-hydrogen) atoms. The van der Waals surface area contributed by atoms with E-state index in [1.165, 1.54) is 0 Å². The smallest absolute Gasteiger partial charge is 0.240 e. The minimum absolute atomic E-state index is 0.531. The molecular formula is C6H5NS. The number of thiophene rings is 1. The summed E-state index contributed by atoms with van der Waals surface area (Å²) in [7, 11) is 0. The number of hydrogen-bond donors (Lipinski definition) is 0. The van der Waals surface area contributed by atoms with E-state index >= 15 is 0 Å². The van der Waals surface area contributed by atoms with E-state index < -0.39 is 0 Å². The molecule has 0 aliphatic heterocycles. The van der Waals surface area contributed by atoms with E-state index in [0.717, 1.165) is 5.56 Å². The van der Waals surface area contributed by atoms with Crippen molar-refractivity contribution in [1.29, 1.82) is 0 Å². The van der Waals surface area contributed by atoms with Crippen molar-refractivity contribution < 1.29 is 0 Å². The zero-order chi connectivity index (χ0) is 5.82. The maximum Gasteiger partial charge on any atom is 0.240 e. The second kappa shape index (κ2) is 2.49. The van der Waals surface area contributed by atoms with Crippen LogP contribution in [0.3, 0.4) is 0 Å². The van der Waals surface area contributed by atoms with Crippen molar-refractivity contribution in [2.45, 2.75) is 6.54 Å². The predicted molar refractivity (Wildman–Crippen MR) is 34.6 cm³/mol. The average molecular weight is 123 g/mol. The van der Waals surface area contributed by atoms with Gasteiger partial charge >= 0.3 is 0 Å². The van der Waals surface area contributed by atoms with E-state index in [1.54, 1.807) is 11.3 Å². The van der Waals surface area contributed by atoms with Crippen LogP contribution in [0.4, 0.5) is 0 Å². The monoisotopic (exact) mass is 123 g/mol. The average Bonchev–Trinajstić information content (AvgIpc) is 2.19.